The molecule has 3 aromatic rings. The summed E-state index contributed by atoms with van der Waals surface area (Å²) in [6, 6.07) is 11.0. The average Bonchev–Trinajstić information content (AvgIpc) is 3.24. The normalized spacial score (nSPS) is 14.5. The van der Waals surface area contributed by atoms with E-state index in [1.54, 1.807) is 12.1 Å². The van der Waals surface area contributed by atoms with Crippen molar-refractivity contribution in [3.05, 3.63) is 69.3 Å². The van der Waals surface area contributed by atoms with Gasteiger partial charge in [-0.25, -0.2) is 9.78 Å². The van der Waals surface area contributed by atoms with Gasteiger partial charge in [-0.3, -0.25) is 4.79 Å². The van der Waals surface area contributed by atoms with Crippen molar-refractivity contribution in [3.8, 4) is 12.3 Å². The van der Waals surface area contributed by atoms with E-state index in [9.17, 15) is 14.7 Å². The van der Waals surface area contributed by atoms with Gasteiger partial charge in [-0.1, -0.05) is 19.8 Å². The molecule has 2 N–H and O–H groups in total. The summed E-state index contributed by atoms with van der Waals surface area (Å²) >= 11 is 0. The van der Waals surface area contributed by atoms with Gasteiger partial charge < -0.3 is 19.7 Å². The quantitative estimate of drug-likeness (QED) is 0.416. The Morgan fingerprint density at radius 1 is 1.26 bits per heavy atom. The van der Waals surface area contributed by atoms with Crippen LogP contribution in [0.1, 0.15) is 74.4 Å². The van der Waals surface area contributed by atoms with Gasteiger partial charge in [0.15, 0.2) is 0 Å². The fraction of sp³-hybridized carbons (Fsp3) is 0.393. The predicted octanol–water partition coefficient (Wildman–Crippen LogP) is 4.52. The number of aliphatic hydroxyl groups is 1. The summed E-state index contributed by atoms with van der Waals surface area (Å²) in [5.41, 5.74) is 3.26. The van der Waals surface area contributed by atoms with Gasteiger partial charge >= 0.3 is 5.97 Å². The molecule has 0 amide bonds. The van der Waals surface area contributed by atoms with E-state index in [0.717, 1.165) is 29.7 Å². The third-order valence-corrected chi connectivity index (χ3v) is 5.68. The molecule has 35 heavy (non-hydrogen) atoms. The van der Waals surface area contributed by atoms with Crippen molar-refractivity contribution in [1.82, 2.24) is 9.97 Å². The number of aryl methyl sites for hydroxylation is 1. The molecule has 0 aliphatic heterocycles. The molecule has 0 saturated heterocycles. The molecule has 1 aliphatic rings. The van der Waals surface area contributed by atoms with Crippen LogP contribution in [0.5, 0.6) is 0 Å². The summed E-state index contributed by atoms with van der Waals surface area (Å²) < 4.78 is 5.45. The second-order valence-electron chi connectivity index (χ2n) is 9.17. The molecule has 2 aromatic carbocycles. The highest BCUT2D eigenvalue weighted by molar-refractivity contribution is 5.90. The summed E-state index contributed by atoms with van der Waals surface area (Å²) in [5.74, 6) is 2.61. The number of fused-ring (bicyclic) bond motifs is 2. The number of rotatable bonds is 5. The predicted molar refractivity (Wildman–Crippen MR) is 138 cm³/mol. The van der Waals surface area contributed by atoms with Crippen LogP contribution in [-0.2, 0) is 17.8 Å². The average molecular weight is 476 g/mol. The number of esters is 1. The molecule has 0 bridgehead atoms. The molecule has 0 spiro atoms. The fourth-order valence-electron chi connectivity index (χ4n) is 4.27. The summed E-state index contributed by atoms with van der Waals surface area (Å²) in [5, 5.41) is 9.82. The highest BCUT2D eigenvalue weighted by Crippen LogP contribution is 2.39. The minimum Gasteiger partial charge on any atom is -0.456 e. The highest BCUT2D eigenvalue weighted by Gasteiger charge is 2.29. The number of H-pyrrole nitrogens is 1. The number of benzene rings is 2. The van der Waals surface area contributed by atoms with E-state index in [-0.39, 0.29) is 30.0 Å². The SMILES string of the molecule is C#CCN(c1ccc(C(=O)OC(C)(C)C)cc1)C1CCc2cc3nc(CO)[nH]c(=O)c3cc21.CC. The highest BCUT2D eigenvalue weighted by atomic mass is 16.6. The van der Waals surface area contributed by atoms with Crippen molar-refractivity contribution in [3.63, 3.8) is 0 Å². The van der Waals surface area contributed by atoms with Crippen LogP contribution in [0.25, 0.3) is 10.9 Å². The molecule has 4 rings (SSSR count). The molecule has 0 saturated carbocycles. The van der Waals surface area contributed by atoms with Crippen LogP contribution in [0, 0.1) is 12.3 Å². The Morgan fingerprint density at radius 3 is 2.54 bits per heavy atom. The Kier molecular flexibility index (Phi) is 7.98. The molecular weight excluding hydrogens is 442 g/mol. The lowest BCUT2D eigenvalue weighted by molar-refractivity contribution is 0.00695. The molecule has 1 aromatic heterocycles. The van der Waals surface area contributed by atoms with E-state index in [1.807, 2.05) is 58.9 Å². The van der Waals surface area contributed by atoms with Crippen molar-refractivity contribution in [2.45, 2.75) is 65.7 Å². The van der Waals surface area contributed by atoms with Crippen molar-refractivity contribution in [2.24, 2.45) is 0 Å². The number of carbonyl (C=O) groups is 1. The van der Waals surface area contributed by atoms with Crippen LogP contribution in [-0.4, -0.2) is 33.2 Å². The van der Waals surface area contributed by atoms with Crippen LogP contribution in [0.15, 0.2) is 41.2 Å². The number of terminal acetylenes is 1. The standard InChI is InChI=1S/C26H27N3O4.C2H6/c1-5-12-29(18-9-6-16(7-10-18)25(32)33-26(2,3)4)22-11-8-17-13-21-20(14-19(17)22)24(31)28-23(15-30)27-21;1-2/h1,6-7,9-10,13-14,22,30H,8,11-12,15H2,2-4H3,(H,27,28,31);1-2H3. The van der Waals surface area contributed by atoms with Crippen LogP contribution >= 0.6 is 0 Å². The van der Waals surface area contributed by atoms with Gasteiger partial charge in [0.2, 0.25) is 0 Å². The van der Waals surface area contributed by atoms with Crippen molar-refractivity contribution in [2.75, 3.05) is 11.4 Å². The Labute approximate surface area is 206 Å². The van der Waals surface area contributed by atoms with E-state index in [2.05, 4.69) is 20.8 Å². The number of hydrogen-bond acceptors (Lipinski definition) is 6. The second-order valence-corrected chi connectivity index (χ2v) is 9.17. The van der Waals surface area contributed by atoms with Crippen LogP contribution < -0.4 is 10.5 Å². The molecule has 1 unspecified atom stereocenters. The van der Waals surface area contributed by atoms with Crippen molar-refractivity contribution < 1.29 is 14.6 Å². The molecule has 1 atom stereocenters. The molecule has 7 nitrogen and oxygen atoms in total. The maximum atomic E-state index is 12.5. The fourth-order valence-corrected chi connectivity index (χ4v) is 4.27. The lowest BCUT2D eigenvalue weighted by Gasteiger charge is -2.30. The van der Waals surface area contributed by atoms with Gasteiger partial charge in [-0.15, -0.1) is 6.42 Å². The Morgan fingerprint density at radius 2 is 1.94 bits per heavy atom. The van der Waals surface area contributed by atoms with Gasteiger partial charge in [0, 0.05) is 5.69 Å². The number of ether oxygens (including phenoxy) is 1. The minimum absolute atomic E-state index is 0.00950. The summed E-state index contributed by atoms with van der Waals surface area (Å²) in [6.07, 6.45) is 7.36. The monoisotopic (exact) mass is 475 g/mol. The smallest absolute Gasteiger partial charge is 0.338 e. The van der Waals surface area contributed by atoms with Gasteiger partial charge in [0.25, 0.3) is 5.56 Å². The number of anilines is 1. The van der Waals surface area contributed by atoms with E-state index in [4.69, 9.17) is 11.2 Å². The van der Waals surface area contributed by atoms with Crippen molar-refractivity contribution >= 4 is 22.6 Å². The second kappa shape index (κ2) is 10.7. The first-order valence-electron chi connectivity index (χ1n) is 11.9. The third kappa shape index (κ3) is 5.72. The number of aromatic amines is 1. The largest absolute Gasteiger partial charge is 0.456 e. The number of aliphatic hydroxyl groups excluding tert-OH is 1. The van der Waals surface area contributed by atoms with E-state index in [0.29, 0.717) is 23.0 Å². The van der Waals surface area contributed by atoms with E-state index >= 15 is 0 Å². The zero-order chi connectivity index (χ0) is 25.8. The van der Waals surface area contributed by atoms with E-state index < -0.39 is 5.60 Å². The van der Waals surface area contributed by atoms with Gasteiger partial charge in [0.05, 0.1) is 29.1 Å². The van der Waals surface area contributed by atoms with E-state index in [1.165, 1.54) is 0 Å². The molecule has 7 heteroatoms. The Bertz CT molecular complexity index is 1300. The maximum absolute atomic E-state index is 12.5. The molecule has 1 aliphatic carbocycles. The zero-order valence-electron chi connectivity index (χ0n) is 21.0. The van der Waals surface area contributed by atoms with Gasteiger partial charge in [0.1, 0.15) is 18.0 Å². The zero-order valence-corrected chi connectivity index (χ0v) is 21.0. The third-order valence-electron chi connectivity index (χ3n) is 5.68. The first-order valence-corrected chi connectivity index (χ1v) is 11.9. The Balaban J connectivity index is 0.00000167. The topological polar surface area (TPSA) is 95.5 Å². The number of hydrogen-bond donors (Lipinski definition) is 2. The Hall–Kier alpha value is -3.63. The first kappa shape index (κ1) is 26.0. The van der Waals surface area contributed by atoms with Crippen LogP contribution in [0.3, 0.4) is 0 Å². The number of aromatic nitrogens is 2. The summed E-state index contributed by atoms with van der Waals surface area (Å²) in [7, 11) is 0. The number of carbonyl (C=O) groups excluding carboxylic acids is 1. The minimum atomic E-state index is -0.563. The lowest BCUT2D eigenvalue weighted by atomic mass is 10.0. The summed E-state index contributed by atoms with van der Waals surface area (Å²) in [4.78, 5) is 34.0. The van der Waals surface area contributed by atoms with Crippen LogP contribution in [0.2, 0.25) is 0 Å². The van der Waals surface area contributed by atoms with Crippen LogP contribution in [0.4, 0.5) is 5.69 Å². The molecule has 0 fully saturated rings. The molecule has 0 radical (unpaired) electrons. The van der Waals surface area contributed by atoms with Gasteiger partial charge in [-0.2, -0.15) is 0 Å². The first-order chi connectivity index (χ1) is 16.7. The number of nitrogens with zero attached hydrogens (tertiary/aromatic N) is 2. The maximum Gasteiger partial charge on any atom is 0.338 e. The molecule has 184 valence electrons. The molecular formula is C28H33N3O4. The molecule has 1 heterocycles. The van der Waals surface area contributed by atoms with Gasteiger partial charge in [-0.05, 0) is 81.1 Å². The lowest BCUT2D eigenvalue weighted by Crippen LogP contribution is -2.28. The van der Waals surface area contributed by atoms with Crippen molar-refractivity contribution in [1.29, 1.82) is 0 Å². The number of nitrogens with one attached hydrogen (secondary N) is 1. The summed E-state index contributed by atoms with van der Waals surface area (Å²) in [6.45, 7) is 9.56.